The molecule has 3 aromatic heterocycles. The second kappa shape index (κ2) is 9.64. The van der Waals surface area contributed by atoms with Gasteiger partial charge >= 0.3 is 5.97 Å². The van der Waals surface area contributed by atoms with Gasteiger partial charge in [-0.1, -0.05) is 42.1 Å². The van der Waals surface area contributed by atoms with Gasteiger partial charge in [0.05, 0.1) is 22.7 Å². The highest BCUT2D eigenvalue weighted by molar-refractivity contribution is 7.17. The van der Waals surface area contributed by atoms with E-state index >= 15 is 0 Å². The fourth-order valence-corrected chi connectivity index (χ4v) is 4.29. The van der Waals surface area contributed by atoms with Crippen molar-refractivity contribution in [2.24, 2.45) is 0 Å². The van der Waals surface area contributed by atoms with E-state index in [9.17, 15) is 9.59 Å². The Hall–Kier alpha value is -4.72. The number of nitrogens with zero attached hydrogens (tertiary/aromatic N) is 5. The second-order valence-electron chi connectivity index (χ2n) is 7.11. The van der Waals surface area contributed by atoms with Crippen molar-refractivity contribution in [3.8, 4) is 17.1 Å². The molecule has 6 N–H and O–H groups in total. The Kier molecular flexibility index (Phi) is 6.46. The van der Waals surface area contributed by atoms with Crippen LogP contribution in [0.4, 0.5) is 10.8 Å². The van der Waals surface area contributed by atoms with Gasteiger partial charge in [-0.05, 0) is 29.7 Å². The lowest BCUT2D eigenvalue weighted by molar-refractivity contribution is 0.0527. The van der Waals surface area contributed by atoms with Crippen LogP contribution in [0.15, 0.2) is 41.5 Å². The third kappa shape index (κ3) is 4.41. The maximum Gasteiger partial charge on any atom is 0.341 e. The number of amides is 1. The number of rotatable bonds is 8. The molecule has 0 radical (unpaired) electrons. The Morgan fingerprint density at radius 2 is 1.94 bits per heavy atom. The molecular formula is C21H21N9O4S. The maximum absolute atomic E-state index is 13.1. The van der Waals surface area contributed by atoms with Crippen LogP contribution in [0.3, 0.4) is 0 Å². The summed E-state index contributed by atoms with van der Waals surface area (Å²) >= 11 is 1.15. The number of benzene rings is 1. The third-order valence-electron chi connectivity index (χ3n) is 4.88. The van der Waals surface area contributed by atoms with E-state index in [1.165, 1.54) is 4.68 Å². The number of hydrazine groups is 1. The first kappa shape index (κ1) is 23.4. The van der Waals surface area contributed by atoms with Crippen LogP contribution in [0.5, 0.6) is 0 Å². The number of hydrogen-bond donors (Lipinski definition) is 4. The number of nitrogen functional groups attached to an aromatic ring is 2. The average molecular weight is 496 g/mol. The van der Waals surface area contributed by atoms with Crippen molar-refractivity contribution in [3.05, 3.63) is 58.6 Å². The summed E-state index contributed by atoms with van der Waals surface area (Å²) in [4.78, 5) is 25.9. The van der Waals surface area contributed by atoms with Crippen molar-refractivity contribution in [1.82, 2.24) is 36.2 Å². The molecule has 0 fully saturated rings. The van der Waals surface area contributed by atoms with Crippen molar-refractivity contribution in [1.29, 1.82) is 0 Å². The Bertz CT molecular complexity index is 1410. The van der Waals surface area contributed by atoms with Crippen LogP contribution < -0.4 is 22.3 Å². The molecule has 180 valence electrons. The van der Waals surface area contributed by atoms with E-state index in [1.54, 1.807) is 38.1 Å². The zero-order valence-electron chi connectivity index (χ0n) is 18.7. The number of nitrogens with one attached hydrogen (secondary N) is 2. The number of carbonyl (C=O) groups is 2. The number of carbonyl (C=O) groups excluding carboxylic acids is 2. The minimum absolute atomic E-state index is 0.0197. The number of thiophene rings is 1. The predicted octanol–water partition coefficient (Wildman–Crippen LogP) is 1.93. The third-order valence-corrected chi connectivity index (χ3v) is 6.06. The molecular weight excluding hydrogens is 474 g/mol. The lowest BCUT2D eigenvalue weighted by Crippen LogP contribution is -2.36. The predicted molar refractivity (Wildman–Crippen MR) is 128 cm³/mol. The summed E-state index contributed by atoms with van der Waals surface area (Å²) in [5.74, 6) is -1.07. The van der Waals surface area contributed by atoms with Gasteiger partial charge in [0, 0.05) is 5.56 Å². The van der Waals surface area contributed by atoms with E-state index in [2.05, 4.69) is 42.7 Å². The molecule has 0 aliphatic rings. The largest absolute Gasteiger partial charge is 0.462 e. The van der Waals surface area contributed by atoms with E-state index < -0.39 is 11.9 Å². The topological polar surface area (TPSA) is 189 Å². The molecule has 3 heterocycles. The molecule has 0 bridgehead atoms. The normalized spacial score (nSPS) is 10.7. The van der Waals surface area contributed by atoms with Crippen LogP contribution in [0.1, 0.15) is 38.2 Å². The van der Waals surface area contributed by atoms with E-state index in [0.29, 0.717) is 32.4 Å². The lowest BCUT2D eigenvalue weighted by atomic mass is 10.1. The first-order valence-corrected chi connectivity index (χ1v) is 11.1. The van der Waals surface area contributed by atoms with Gasteiger partial charge in [-0.3, -0.25) is 15.6 Å². The monoisotopic (exact) mass is 495 g/mol. The molecule has 1 aromatic carbocycles. The van der Waals surface area contributed by atoms with Gasteiger partial charge in [0.25, 0.3) is 5.91 Å². The molecule has 14 heteroatoms. The van der Waals surface area contributed by atoms with Gasteiger partial charge in [0.1, 0.15) is 10.7 Å². The van der Waals surface area contributed by atoms with Crippen LogP contribution in [-0.2, 0) is 4.74 Å². The molecule has 0 spiro atoms. The van der Waals surface area contributed by atoms with Crippen molar-refractivity contribution in [3.63, 3.8) is 0 Å². The molecule has 0 unspecified atom stereocenters. The summed E-state index contributed by atoms with van der Waals surface area (Å²) < 4.78 is 11.0. The molecule has 35 heavy (non-hydrogen) atoms. The number of nitrogens with two attached hydrogens (primary N) is 2. The number of esters is 1. The number of aromatic nitrogens is 5. The zero-order chi connectivity index (χ0) is 25.1. The van der Waals surface area contributed by atoms with Crippen molar-refractivity contribution in [2.45, 2.75) is 13.8 Å². The maximum atomic E-state index is 13.1. The summed E-state index contributed by atoms with van der Waals surface area (Å²) in [5, 5.41) is 15.6. The first-order valence-electron chi connectivity index (χ1n) is 10.2. The van der Waals surface area contributed by atoms with Gasteiger partial charge in [0.2, 0.25) is 11.6 Å². The smallest absolute Gasteiger partial charge is 0.341 e. The Morgan fingerprint density at radius 1 is 1.20 bits per heavy atom. The fourth-order valence-electron chi connectivity index (χ4n) is 3.30. The quantitative estimate of drug-likeness (QED) is 0.206. The second-order valence-corrected chi connectivity index (χ2v) is 8.16. The Morgan fingerprint density at radius 3 is 2.60 bits per heavy atom. The molecule has 13 nitrogen and oxygen atoms in total. The zero-order valence-corrected chi connectivity index (χ0v) is 19.5. The Balaban J connectivity index is 1.59. The molecule has 0 atom stereocenters. The van der Waals surface area contributed by atoms with Gasteiger partial charge in [0.15, 0.2) is 5.69 Å². The van der Waals surface area contributed by atoms with E-state index in [-0.39, 0.29) is 29.5 Å². The molecule has 1 amide bonds. The number of ether oxygens (including phenoxy) is 1. The molecule has 0 aliphatic heterocycles. The van der Waals surface area contributed by atoms with Crippen molar-refractivity contribution < 1.29 is 19.0 Å². The SMILES string of the molecule is C=C(NNC(=O)c1nnn(-c2nonc2N)c1-c1ccccc1)c1sc(N)c(C(=O)OCC)c1C. The fraction of sp³-hybridized carbons (Fsp3) is 0.143. The number of anilines is 2. The molecule has 4 aromatic rings. The average Bonchev–Trinajstić information content (AvgIpc) is 3.54. The standard InChI is InChI=1S/C21H21N9O4S/c1-4-33-21(32)13-10(2)16(35-18(13)23)11(3)24-26-20(31)14-15(12-8-6-5-7-9-12)30(29-25-14)19-17(22)27-34-28-19/h5-9,24H,3-4,23H2,1-2H3,(H2,22,27)(H,26,31). The van der Waals surface area contributed by atoms with Crippen LogP contribution in [-0.4, -0.2) is 43.8 Å². The van der Waals surface area contributed by atoms with E-state index in [1.807, 2.05) is 6.07 Å². The van der Waals surface area contributed by atoms with Gasteiger partial charge in [-0.2, -0.15) is 4.68 Å². The highest BCUT2D eigenvalue weighted by Gasteiger charge is 2.26. The number of hydrogen-bond acceptors (Lipinski definition) is 12. The van der Waals surface area contributed by atoms with E-state index in [0.717, 1.165) is 11.3 Å². The minimum atomic E-state index is -0.612. The summed E-state index contributed by atoms with van der Waals surface area (Å²) in [6, 6.07) is 8.97. The van der Waals surface area contributed by atoms with Crippen LogP contribution in [0.2, 0.25) is 0 Å². The van der Waals surface area contributed by atoms with Crippen LogP contribution >= 0.6 is 11.3 Å². The van der Waals surface area contributed by atoms with Gasteiger partial charge < -0.3 is 16.2 Å². The summed E-state index contributed by atoms with van der Waals surface area (Å²) in [6.45, 7) is 7.59. The van der Waals surface area contributed by atoms with Gasteiger partial charge in [-0.15, -0.1) is 16.4 Å². The minimum Gasteiger partial charge on any atom is -0.462 e. The van der Waals surface area contributed by atoms with Crippen LogP contribution in [0, 0.1) is 6.92 Å². The van der Waals surface area contributed by atoms with Crippen LogP contribution in [0.25, 0.3) is 22.8 Å². The van der Waals surface area contributed by atoms with Gasteiger partial charge in [-0.25, -0.2) is 9.42 Å². The highest BCUT2D eigenvalue weighted by atomic mass is 32.1. The first-order chi connectivity index (χ1) is 16.8. The van der Waals surface area contributed by atoms with E-state index in [4.69, 9.17) is 16.2 Å². The summed E-state index contributed by atoms with van der Waals surface area (Å²) in [6.07, 6.45) is 0. The summed E-state index contributed by atoms with van der Waals surface area (Å²) in [5.41, 5.74) is 19.2. The molecule has 0 saturated heterocycles. The molecule has 0 aliphatic carbocycles. The molecule has 4 rings (SSSR count). The summed E-state index contributed by atoms with van der Waals surface area (Å²) in [7, 11) is 0. The van der Waals surface area contributed by atoms with Crippen molar-refractivity contribution >= 4 is 39.7 Å². The highest BCUT2D eigenvalue weighted by Crippen LogP contribution is 2.34. The lowest BCUT2D eigenvalue weighted by Gasteiger charge is -2.11. The molecule has 0 saturated carbocycles. The van der Waals surface area contributed by atoms with Crippen molar-refractivity contribution in [2.75, 3.05) is 18.1 Å². The Labute approximate surface area is 202 Å².